The lowest BCUT2D eigenvalue weighted by Gasteiger charge is -2.25. The lowest BCUT2D eigenvalue weighted by atomic mass is 9.98. The van der Waals surface area contributed by atoms with E-state index in [1.165, 1.54) is 11.8 Å². The van der Waals surface area contributed by atoms with Crippen LogP contribution in [-0.4, -0.2) is 29.1 Å². The van der Waals surface area contributed by atoms with Crippen LogP contribution in [0, 0.1) is 12.8 Å². The number of carbonyl (C=O) groups excluding carboxylic acids is 1. The number of aromatic nitrogens is 1. The number of hydrogen-bond acceptors (Lipinski definition) is 5. The molecule has 2 aliphatic rings. The molecule has 0 saturated heterocycles. The fourth-order valence-corrected chi connectivity index (χ4v) is 4.28. The van der Waals surface area contributed by atoms with E-state index in [0.29, 0.717) is 12.5 Å². The standard InChI is InChI=1S/C16H21N3O2S/c1-8(2)5-11-18-13-12-10(7-21-4)6-9(3)17-16(12)22-14(13)15(20)19-11/h6,8,13-14H,5,7H2,1-4H3,(H,18,19,20)/t13-,14+/m0/s1. The van der Waals surface area contributed by atoms with Crippen LogP contribution < -0.4 is 5.32 Å². The first-order valence-corrected chi connectivity index (χ1v) is 8.41. The normalized spacial score (nSPS) is 23.1. The van der Waals surface area contributed by atoms with Crippen molar-refractivity contribution >= 4 is 23.5 Å². The third kappa shape index (κ3) is 2.77. The molecular formula is C16H21N3O2S. The Hall–Kier alpha value is -1.40. The van der Waals surface area contributed by atoms with Gasteiger partial charge in [0.1, 0.15) is 22.2 Å². The van der Waals surface area contributed by atoms with Crippen molar-refractivity contribution in [2.75, 3.05) is 7.11 Å². The zero-order valence-electron chi connectivity index (χ0n) is 13.3. The predicted molar refractivity (Wildman–Crippen MR) is 87.1 cm³/mol. The maximum atomic E-state index is 12.4. The molecule has 1 aromatic rings. The molecule has 6 heteroatoms. The molecule has 0 aromatic carbocycles. The number of nitrogens with one attached hydrogen (secondary N) is 1. The summed E-state index contributed by atoms with van der Waals surface area (Å²) in [7, 11) is 1.68. The summed E-state index contributed by atoms with van der Waals surface area (Å²) in [5, 5.41) is 3.66. The number of pyridine rings is 1. The van der Waals surface area contributed by atoms with Crippen molar-refractivity contribution in [3.63, 3.8) is 0 Å². The number of nitrogens with zero attached hydrogens (tertiary/aromatic N) is 2. The minimum atomic E-state index is -0.212. The highest BCUT2D eigenvalue weighted by atomic mass is 32.2. The average Bonchev–Trinajstić information content (AvgIpc) is 2.77. The number of fused-ring (bicyclic) bond motifs is 3. The first-order valence-electron chi connectivity index (χ1n) is 7.53. The van der Waals surface area contributed by atoms with Crippen molar-refractivity contribution in [1.82, 2.24) is 10.3 Å². The second-order valence-electron chi connectivity index (χ2n) is 6.22. The van der Waals surface area contributed by atoms with Crippen LogP contribution in [-0.2, 0) is 16.1 Å². The number of amides is 1. The van der Waals surface area contributed by atoms with Gasteiger partial charge in [0.25, 0.3) is 0 Å². The molecule has 2 aliphatic heterocycles. The lowest BCUT2D eigenvalue weighted by Crippen LogP contribution is -2.43. The molecule has 118 valence electrons. The lowest BCUT2D eigenvalue weighted by molar-refractivity contribution is -0.119. The van der Waals surface area contributed by atoms with Gasteiger partial charge in [-0.2, -0.15) is 0 Å². The van der Waals surface area contributed by atoms with Gasteiger partial charge >= 0.3 is 0 Å². The molecule has 0 saturated carbocycles. The van der Waals surface area contributed by atoms with Gasteiger partial charge in [-0.25, -0.2) is 4.98 Å². The Labute approximate surface area is 134 Å². The molecule has 0 unspecified atom stereocenters. The second kappa shape index (κ2) is 6.01. The number of amidine groups is 1. The topological polar surface area (TPSA) is 63.6 Å². The molecule has 22 heavy (non-hydrogen) atoms. The Morgan fingerprint density at radius 2 is 2.23 bits per heavy atom. The highest BCUT2D eigenvalue weighted by Gasteiger charge is 2.43. The van der Waals surface area contributed by atoms with Gasteiger partial charge in [-0.1, -0.05) is 25.6 Å². The molecule has 1 aromatic heterocycles. The Bertz CT molecular complexity index is 643. The van der Waals surface area contributed by atoms with Gasteiger partial charge in [-0.05, 0) is 24.5 Å². The summed E-state index contributed by atoms with van der Waals surface area (Å²) >= 11 is 1.52. The summed E-state index contributed by atoms with van der Waals surface area (Å²) < 4.78 is 5.32. The number of carbonyl (C=O) groups is 1. The van der Waals surface area contributed by atoms with Crippen LogP contribution in [0.5, 0.6) is 0 Å². The number of aryl methyl sites for hydroxylation is 1. The van der Waals surface area contributed by atoms with Crippen molar-refractivity contribution in [2.24, 2.45) is 10.9 Å². The minimum Gasteiger partial charge on any atom is -0.380 e. The summed E-state index contributed by atoms with van der Waals surface area (Å²) in [6.07, 6.45) is 0.786. The molecule has 0 radical (unpaired) electrons. The molecule has 0 spiro atoms. The van der Waals surface area contributed by atoms with Crippen molar-refractivity contribution in [3.05, 3.63) is 22.9 Å². The van der Waals surface area contributed by atoms with Crippen LogP contribution in [0.2, 0.25) is 0 Å². The number of hydrogen-bond donors (Lipinski definition) is 1. The van der Waals surface area contributed by atoms with E-state index in [1.807, 2.05) is 13.0 Å². The molecule has 3 heterocycles. The largest absolute Gasteiger partial charge is 0.380 e. The van der Waals surface area contributed by atoms with Gasteiger partial charge in [-0.15, -0.1) is 0 Å². The van der Waals surface area contributed by atoms with Gasteiger partial charge < -0.3 is 10.1 Å². The van der Waals surface area contributed by atoms with Crippen LogP contribution in [0.15, 0.2) is 16.1 Å². The van der Waals surface area contributed by atoms with Crippen LogP contribution >= 0.6 is 11.8 Å². The number of rotatable bonds is 4. The summed E-state index contributed by atoms with van der Waals surface area (Å²) in [6, 6.07) is 1.90. The van der Waals surface area contributed by atoms with Crippen molar-refractivity contribution in [1.29, 1.82) is 0 Å². The van der Waals surface area contributed by atoms with Crippen molar-refractivity contribution in [3.8, 4) is 0 Å². The predicted octanol–water partition coefficient (Wildman–Crippen LogP) is 2.63. The van der Waals surface area contributed by atoms with E-state index in [1.54, 1.807) is 7.11 Å². The minimum absolute atomic E-state index is 0.0414. The quantitative estimate of drug-likeness (QED) is 0.926. The molecule has 5 nitrogen and oxygen atoms in total. The zero-order valence-corrected chi connectivity index (χ0v) is 14.2. The maximum absolute atomic E-state index is 12.4. The van der Waals surface area contributed by atoms with E-state index in [4.69, 9.17) is 9.73 Å². The van der Waals surface area contributed by atoms with Gasteiger partial charge in [0, 0.05) is 24.8 Å². The van der Waals surface area contributed by atoms with E-state index in [-0.39, 0.29) is 17.2 Å². The van der Waals surface area contributed by atoms with E-state index in [9.17, 15) is 4.79 Å². The summed E-state index contributed by atoms with van der Waals surface area (Å²) in [4.78, 5) is 21.8. The summed E-state index contributed by atoms with van der Waals surface area (Å²) in [5.74, 6) is 1.29. The van der Waals surface area contributed by atoms with E-state index >= 15 is 0 Å². The van der Waals surface area contributed by atoms with Crippen molar-refractivity contribution in [2.45, 2.75) is 50.1 Å². The Morgan fingerprint density at radius 1 is 1.45 bits per heavy atom. The third-order valence-corrected chi connectivity index (χ3v) is 5.04. The van der Waals surface area contributed by atoms with Gasteiger partial charge in [0.05, 0.1) is 6.61 Å². The molecule has 0 bridgehead atoms. The SMILES string of the molecule is COCc1cc(C)nc2c1[C@@H]1N=C(CC(C)C)NC(=O)[C@@H]1S2. The highest BCUT2D eigenvalue weighted by molar-refractivity contribution is 8.01. The molecule has 0 aliphatic carbocycles. The van der Waals surface area contributed by atoms with E-state index in [2.05, 4.69) is 24.1 Å². The average molecular weight is 319 g/mol. The summed E-state index contributed by atoms with van der Waals surface area (Å²) in [5.41, 5.74) is 3.11. The number of aliphatic imine (C=N–C) groups is 1. The highest BCUT2D eigenvalue weighted by Crippen LogP contribution is 2.48. The molecule has 1 N–H and O–H groups in total. The Balaban J connectivity index is 2.04. The number of ether oxygens (including phenoxy) is 1. The molecular weight excluding hydrogens is 298 g/mol. The van der Waals surface area contributed by atoms with E-state index < -0.39 is 0 Å². The van der Waals surface area contributed by atoms with Crippen LogP contribution in [0.25, 0.3) is 0 Å². The second-order valence-corrected chi connectivity index (χ2v) is 7.35. The van der Waals surface area contributed by atoms with Crippen molar-refractivity contribution < 1.29 is 9.53 Å². The van der Waals surface area contributed by atoms with Gasteiger partial charge in [0.2, 0.25) is 5.91 Å². The molecule has 3 rings (SSSR count). The Morgan fingerprint density at radius 3 is 2.91 bits per heavy atom. The fraction of sp³-hybridized carbons (Fsp3) is 0.562. The van der Waals surface area contributed by atoms with Gasteiger partial charge in [0.15, 0.2) is 0 Å². The number of thioether (sulfide) groups is 1. The van der Waals surface area contributed by atoms with Crippen LogP contribution in [0.4, 0.5) is 0 Å². The Kier molecular flexibility index (Phi) is 4.23. The zero-order chi connectivity index (χ0) is 15.9. The third-order valence-electron chi connectivity index (χ3n) is 3.78. The smallest absolute Gasteiger partial charge is 0.241 e. The molecule has 1 amide bonds. The van der Waals surface area contributed by atoms with E-state index in [0.717, 1.165) is 34.1 Å². The van der Waals surface area contributed by atoms with Gasteiger partial charge in [-0.3, -0.25) is 9.79 Å². The summed E-state index contributed by atoms with van der Waals surface area (Å²) in [6.45, 7) is 6.74. The monoisotopic (exact) mass is 319 g/mol. The first-order chi connectivity index (χ1) is 10.5. The molecule has 0 fully saturated rings. The first kappa shape index (κ1) is 15.5. The van der Waals surface area contributed by atoms with Crippen LogP contribution in [0.1, 0.15) is 43.1 Å². The maximum Gasteiger partial charge on any atom is 0.241 e. The fourth-order valence-electron chi connectivity index (χ4n) is 2.97. The number of methoxy groups -OCH3 is 1. The van der Waals surface area contributed by atoms with Crippen LogP contribution in [0.3, 0.4) is 0 Å². The molecule has 2 atom stereocenters.